The van der Waals surface area contributed by atoms with Crippen LogP contribution in [-0.2, 0) is 6.42 Å². The maximum Gasteiger partial charge on any atom is 0.258 e. The van der Waals surface area contributed by atoms with Gasteiger partial charge in [-0.3, -0.25) is 0 Å². The van der Waals surface area contributed by atoms with Crippen molar-refractivity contribution in [1.29, 1.82) is 0 Å². The van der Waals surface area contributed by atoms with Gasteiger partial charge in [-0.15, -0.1) is 0 Å². The lowest BCUT2D eigenvalue weighted by atomic mass is 10.0. The second kappa shape index (κ2) is 2.94. The zero-order chi connectivity index (χ0) is 10.3. The van der Waals surface area contributed by atoms with Gasteiger partial charge < -0.3 is 4.74 Å². The van der Waals surface area contributed by atoms with Crippen molar-refractivity contribution in [2.45, 2.75) is 25.2 Å². The van der Waals surface area contributed by atoms with Gasteiger partial charge in [0.05, 0.1) is 7.11 Å². The van der Waals surface area contributed by atoms with Gasteiger partial charge in [0.1, 0.15) is 5.75 Å². The molecule has 2 rings (SSSR count). The fourth-order valence-corrected chi connectivity index (χ4v) is 2.03. The summed E-state index contributed by atoms with van der Waals surface area (Å²) in [4.78, 5) is 0. The standard InChI is InChI=1S/C11H12F2O/c1-7-10-8(6-11(7,12)13)4-3-5-9(10)14-2/h3-5,7H,6H2,1-2H3. The predicted octanol–water partition coefficient (Wildman–Crippen LogP) is 2.99. The average Bonchev–Trinajstić information content (AvgIpc) is 2.37. The summed E-state index contributed by atoms with van der Waals surface area (Å²) in [5.74, 6) is -2.79. The number of methoxy groups -OCH3 is 1. The molecule has 0 N–H and O–H groups in total. The zero-order valence-corrected chi connectivity index (χ0v) is 8.18. The highest BCUT2D eigenvalue weighted by Crippen LogP contribution is 2.47. The topological polar surface area (TPSA) is 9.23 Å². The van der Waals surface area contributed by atoms with Crippen molar-refractivity contribution in [3.05, 3.63) is 29.3 Å². The van der Waals surface area contributed by atoms with Crippen LogP contribution in [0.2, 0.25) is 0 Å². The van der Waals surface area contributed by atoms with Crippen LogP contribution in [-0.4, -0.2) is 13.0 Å². The van der Waals surface area contributed by atoms with Crippen molar-refractivity contribution < 1.29 is 13.5 Å². The second-order valence-electron chi connectivity index (χ2n) is 3.69. The molecule has 0 saturated carbocycles. The summed E-state index contributed by atoms with van der Waals surface area (Å²) in [5.41, 5.74) is 1.38. The highest BCUT2D eigenvalue weighted by atomic mass is 19.3. The molecule has 0 fully saturated rings. The van der Waals surface area contributed by atoms with E-state index in [1.165, 1.54) is 7.11 Å². The highest BCUT2D eigenvalue weighted by molar-refractivity contribution is 5.47. The largest absolute Gasteiger partial charge is 0.496 e. The minimum Gasteiger partial charge on any atom is -0.496 e. The number of hydrogen-bond donors (Lipinski definition) is 0. The summed E-state index contributed by atoms with van der Waals surface area (Å²) >= 11 is 0. The summed E-state index contributed by atoms with van der Waals surface area (Å²) in [6.07, 6.45) is -0.166. The van der Waals surface area contributed by atoms with E-state index in [-0.39, 0.29) is 6.42 Å². The van der Waals surface area contributed by atoms with Gasteiger partial charge in [-0.2, -0.15) is 0 Å². The Morgan fingerprint density at radius 1 is 1.43 bits per heavy atom. The first-order valence-corrected chi connectivity index (χ1v) is 4.60. The molecule has 1 aliphatic carbocycles. The van der Waals surface area contributed by atoms with Gasteiger partial charge in [0, 0.05) is 17.9 Å². The van der Waals surface area contributed by atoms with Crippen molar-refractivity contribution in [2.75, 3.05) is 7.11 Å². The molecule has 1 atom stereocenters. The van der Waals surface area contributed by atoms with E-state index in [2.05, 4.69) is 0 Å². The predicted molar refractivity (Wildman–Crippen MR) is 50.1 cm³/mol. The molecule has 0 saturated heterocycles. The van der Waals surface area contributed by atoms with E-state index in [0.29, 0.717) is 16.9 Å². The van der Waals surface area contributed by atoms with Gasteiger partial charge in [0.15, 0.2) is 0 Å². The summed E-state index contributed by atoms with van der Waals surface area (Å²) in [6, 6.07) is 5.23. The fraction of sp³-hybridized carbons (Fsp3) is 0.455. The summed E-state index contributed by atoms with van der Waals surface area (Å²) in [6.45, 7) is 1.55. The molecular weight excluding hydrogens is 186 g/mol. The van der Waals surface area contributed by atoms with E-state index in [1.807, 2.05) is 0 Å². The molecule has 1 aromatic carbocycles. The Labute approximate surface area is 81.7 Å². The van der Waals surface area contributed by atoms with Gasteiger partial charge >= 0.3 is 0 Å². The Morgan fingerprint density at radius 3 is 2.79 bits per heavy atom. The molecule has 0 bridgehead atoms. The zero-order valence-electron chi connectivity index (χ0n) is 8.18. The third kappa shape index (κ3) is 1.19. The molecule has 1 unspecified atom stereocenters. The van der Waals surface area contributed by atoms with Crippen molar-refractivity contribution >= 4 is 0 Å². The SMILES string of the molecule is COc1cccc2c1C(C)C(F)(F)C2. The van der Waals surface area contributed by atoms with Gasteiger partial charge in [0.25, 0.3) is 5.92 Å². The van der Waals surface area contributed by atoms with Gasteiger partial charge in [-0.05, 0) is 11.6 Å². The van der Waals surface area contributed by atoms with Gasteiger partial charge in [-0.25, -0.2) is 8.78 Å². The van der Waals surface area contributed by atoms with Crippen LogP contribution in [0.5, 0.6) is 5.75 Å². The van der Waals surface area contributed by atoms with Crippen LogP contribution in [0.25, 0.3) is 0 Å². The first kappa shape index (κ1) is 9.44. The van der Waals surface area contributed by atoms with Crippen LogP contribution < -0.4 is 4.74 Å². The summed E-state index contributed by atoms with van der Waals surface area (Å²) in [5, 5.41) is 0. The smallest absolute Gasteiger partial charge is 0.258 e. The third-order valence-electron chi connectivity index (χ3n) is 2.87. The lowest BCUT2D eigenvalue weighted by Crippen LogP contribution is -2.19. The van der Waals surface area contributed by atoms with Crippen molar-refractivity contribution in [2.24, 2.45) is 0 Å². The molecule has 3 heteroatoms. The Hall–Kier alpha value is -1.12. The maximum atomic E-state index is 13.4. The average molecular weight is 198 g/mol. The molecule has 14 heavy (non-hydrogen) atoms. The Bertz CT molecular complexity index is 360. The first-order valence-electron chi connectivity index (χ1n) is 4.60. The van der Waals surface area contributed by atoms with E-state index < -0.39 is 11.8 Å². The molecule has 0 spiro atoms. The van der Waals surface area contributed by atoms with E-state index in [1.54, 1.807) is 25.1 Å². The van der Waals surface area contributed by atoms with Crippen LogP contribution >= 0.6 is 0 Å². The van der Waals surface area contributed by atoms with Crippen LogP contribution in [0, 0.1) is 0 Å². The lowest BCUT2D eigenvalue weighted by molar-refractivity contribution is -0.0102. The molecule has 0 heterocycles. The third-order valence-corrected chi connectivity index (χ3v) is 2.87. The molecular formula is C11H12F2O. The number of fused-ring (bicyclic) bond motifs is 1. The monoisotopic (exact) mass is 198 g/mol. The maximum absolute atomic E-state index is 13.4. The minimum atomic E-state index is -2.63. The molecule has 0 radical (unpaired) electrons. The molecule has 0 aromatic heterocycles. The first-order chi connectivity index (χ1) is 6.56. The minimum absolute atomic E-state index is 0.166. The molecule has 1 aromatic rings. The van der Waals surface area contributed by atoms with Crippen LogP contribution in [0.1, 0.15) is 24.0 Å². The fourth-order valence-electron chi connectivity index (χ4n) is 2.03. The van der Waals surface area contributed by atoms with Crippen LogP contribution in [0.3, 0.4) is 0 Å². The molecule has 0 aliphatic heterocycles. The van der Waals surface area contributed by atoms with Gasteiger partial charge in [-0.1, -0.05) is 19.1 Å². The van der Waals surface area contributed by atoms with Crippen molar-refractivity contribution in [1.82, 2.24) is 0 Å². The molecule has 1 aliphatic rings. The van der Waals surface area contributed by atoms with Gasteiger partial charge in [0.2, 0.25) is 0 Å². The van der Waals surface area contributed by atoms with Crippen LogP contribution in [0.15, 0.2) is 18.2 Å². The molecule has 76 valence electrons. The van der Waals surface area contributed by atoms with E-state index in [0.717, 1.165) is 0 Å². The number of benzene rings is 1. The van der Waals surface area contributed by atoms with Crippen molar-refractivity contribution in [3.63, 3.8) is 0 Å². The quantitative estimate of drug-likeness (QED) is 0.674. The second-order valence-corrected chi connectivity index (χ2v) is 3.69. The van der Waals surface area contributed by atoms with Crippen LogP contribution in [0.4, 0.5) is 8.78 Å². The number of ether oxygens (including phenoxy) is 1. The molecule has 1 nitrogen and oxygen atoms in total. The number of hydrogen-bond acceptors (Lipinski definition) is 1. The Morgan fingerprint density at radius 2 is 2.14 bits per heavy atom. The lowest BCUT2D eigenvalue weighted by Gasteiger charge is -2.15. The highest BCUT2D eigenvalue weighted by Gasteiger charge is 2.46. The number of rotatable bonds is 1. The van der Waals surface area contributed by atoms with E-state index >= 15 is 0 Å². The molecule has 0 amide bonds. The Balaban J connectivity index is 2.54. The summed E-state index contributed by atoms with van der Waals surface area (Å²) < 4.78 is 31.9. The summed E-state index contributed by atoms with van der Waals surface area (Å²) in [7, 11) is 1.51. The van der Waals surface area contributed by atoms with Crippen molar-refractivity contribution in [3.8, 4) is 5.75 Å². The normalized spacial score (nSPS) is 23.3. The number of halogens is 2. The van der Waals surface area contributed by atoms with E-state index in [9.17, 15) is 8.78 Å². The Kier molecular flexibility index (Phi) is 1.98. The van der Waals surface area contributed by atoms with E-state index in [4.69, 9.17) is 4.74 Å². The number of alkyl halides is 2.